The number of aryl methyl sites for hydroxylation is 1. The Morgan fingerprint density at radius 2 is 2.25 bits per heavy atom. The number of aromatic nitrogens is 3. The molecule has 16 heavy (non-hydrogen) atoms. The Labute approximate surface area is 94.1 Å². The van der Waals surface area contributed by atoms with Crippen LogP contribution in [0.2, 0.25) is 0 Å². The minimum Gasteiger partial charge on any atom is -0.337 e. The summed E-state index contributed by atoms with van der Waals surface area (Å²) in [5, 5.41) is 7.77. The molecule has 1 N–H and O–H groups in total. The quantitative estimate of drug-likeness (QED) is 0.793. The fourth-order valence-corrected chi connectivity index (χ4v) is 1.88. The Kier molecular flexibility index (Phi) is 2.07. The summed E-state index contributed by atoms with van der Waals surface area (Å²) in [5.41, 5.74) is 2.02. The Bertz CT molecular complexity index is 514. The molecule has 0 aromatic carbocycles. The van der Waals surface area contributed by atoms with Gasteiger partial charge in [0.25, 0.3) is 0 Å². The second-order valence-electron chi connectivity index (χ2n) is 4.27. The molecule has 0 aliphatic carbocycles. The third kappa shape index (κ3) is 1.36. The summed E-state index contributed by atoms with van der Waals surface area (Å²) in [4.78, 5) is 6.67. The van der Waals surface area contributed by atoms with Gasteiger partial charge < -0.3 is 10.2 Å². The summed E-state index contributed by atoms with van der Waals surface area (Å²) >= 11 is 0. The largest absolute Gasteiger partial charge is 0.337 e. The fourth-order valence-electron chi connectivity index (χ4n) is 1.88. The number of anilines is 1. The molecular weight excluding hydrogens is 202 g/mol. The van der Waals surface area contributed by atoms with Gasteiger partial charge in [-0.1, -0.05) is 6.07 Å². The van der Waals surface area contributed by atoms with E-state index in [1.807, 2.05) is 29.6 Å². The van der Waals surface area contributed by atoms with Crippen LogP contribution in [0.1, 0.15) is 5.69 Å². The van der Waals surface area contributed by atoms with Gasteiger partial charge in [-0.05, 0) is 19.1 Å². The van der Waals surface area contributed by atoms with E-state index in [1.54, 1.807) is 0 Å². The van der Waals surface area contributed by atoms with Crippen LogP contribution in [-0.2, 0) is 0 Å². The van der Waals surface area contributed by atoms with Crippen molar-refractivity contribution in [3.63, 3.8) is 0 Å². The highest BCUT2D eigenvalue weighted by molar-refractivity contribution is 5.46. The lowest BCUT2D eigenvalue weighted by atomic mass is 10.1. The van der Waals surface area contributed by atoms with Gasteiger partial charge in [0.15, 0.2) is 5.65 Å². The fraction of sp³-hybridized carbons (Fsp3) is 0.455. The molecule has 2 aromatic heterocycles. The van der Waals surface area contributed by atoms with Crippen molar-refractivity contribution < 1.29 is 0 Å². The first-order valence-electron chi connectivity index (χ1n) is 5.51. The normalized spacial score (nSPS) is 16.4. The van der Waals surface area contributed by atoms with Crippen molar-refractivity contribution in [2.24, 2.45) is 0 Å². The van der Waals surface area contributed by atoms with Crippen LogP contribution in [0.4, 0.5) is 5.95 Å². The Morgan fingerprint density at radius 1 is 1.44 bits per heavy atom. The lowest BCUT2D eigenvalue weighted by molar-refractivity contribution is 0.424. The van der Waals surface area contributed by atoms with E-state index in [4.69, 9.17) is 0 Å². The minimum absolute atomic E-state index is 0.526. The minimum atomic E-state index is 0.526. The topological polar surface area (TPSA) is 45.5 Å². The number of likely N-dealkylation sites (N-methyl/N-ethyl adjacent to an activating group) is 1. The summed E-state index contributed by atoms with van der Waals surface area (Å²) in [6.45, 7) is 4.08. The maximum Gasteiger partial charge on any atom is 0.245 e. The lowest BCUT2D eigenvalue weighted by Crippen LogP contribution is -2.56. The molecule has 1 fully saturated rings. The molecule has 0 saturated carbocycles. The van der Waals surface area contributed by atoms with Crippen LogP contribution in [0.5, 0.6) is 0 Å². The average molecular weight is 217 g/mol. The summed E-state index contributed by atoms with van der Waals surface area (Å²) in [6, 6.07) is 6.55. The second kappa shape index (κ2) is 3.45. The predicted octanol–water partition coefficient (Wildman–Crippen LogP) is 0.446. The van der Waals surface area contributed by atoms with Crippen molar-refractivity contribution in [2.75, 3.05) is 25.0 Å². The molecule has 1 saturated heterocycles. The van der Waals surface area contributed by atoms with Crippen LogP contribution >= 0.6 is 0 Å². The first-order chi connectivity index (χ1) is 7.75. The van der Waals surface area contributed by atoms with E-state index in [9.17, 15) is 0 Å². The van der Waals surface area contributed by atoms with E-state index in [-0.39, 0.29) is 0 Å². The first-order valence-corrected chi connectivity index (χ1v) is 5.51. The van der Waals surface area contributed by atoms with E-state index >= 15 is 0 Å². The molecule has 0 amide bonds. The van der Waals surface area contributed by atoms with E-state index in [0.29, 0.717) is 6.04 Å². The van der Waals surface area contributed by atoms with E-state index in [2.05, 4.69) is 27.3 Å². The van der Waals surface area contributed by atoms with Crippen LogP contribution < -0.4 is 10.2 Å². The molecular formula is C11H15N5. The van der Waals surface area contributed by atoms with Gasteiger partial charge in [0, 0.05) is 25.8 Å². The molecule has 1 aliphatic heterocycles. The molecule has 2 aromatic rings. The summed E-state index contributed by atoms with van der Waals surface area (Å²) in [6.07, 6.45) is 0. The number of nitrogens with zero attached hydrogens (tertiary/aromatic N) is 4. The number of hydrogen-bond acceptors (Lipinski definition) is 4. The standard InChI is InChI=1S/C11H15N5/c1-8-4-3-5-10-13-11(14-16(8)10)15(2)9-6-12-7-9/h3-5,9,12H,6-7H2,1-2H3. The molecule has 5 heteroatoms. The van der Waals surface area contributed by atoms with Gasteiger partial charge in [-0.3, -0.25) is 0 Å². The van der Waals surface area contributed by atoms with E-state index in [1.165, 1.54) is 0 Å². The van der Waals surface area contributed by atoms with E-state index < -0.39 is 0 Å². The number of pyridine rings is 1. The number of hydrogen-bond donors (Lipinski definition) is 1. The maximum atomic E-state index is 4.53. The second-order valence-corrected chi connectivity index (χ2v) is 4.27. The Morgan fingerprint density at radius 3 is 2.88 bits per heavy atom. The van der Waals surface area contributed by atoms with Gasteiger partial charge in [-0.15, -0.1) is 5.10 Å². The molecule has 0 spiro atoms. The van der Waals surface area contributed by atoms with E-state index in [0.717, 1.165) is 30.4 Å². The molecule has 0 radical (unpaired) electrons. The Hall–Kier alpha value is -1.62. The summed E-state index contributed by atoms with van der Waals surface area (Å²) < 4.78 is 1.89. The molecule has 1 aliphatic rings. The Balaban J connectivity index is 2.01. The van der Waals surface area contributed by atoms with Crippen molar-refractivity contribution in [3.05, 3.63) is 23.9 Å². The number of fused-ring (bicyclic) bond motifs is 1. The number of rotatable bonds is 2. The molecule has 5 nitrogen and oxygen atoms in total. The molecule has 0 unspecified atom stereocenters. The van der Waals surface area contributed by atoms with Crippen molar-refractivity contribution >= 4 is 11.6 Å². The molecule has 0 atom stereocenters. The molecule has 84 valence electrons. The van der Waals surface area contributed by atoms with Crippen LogP contribution in [0.15, 0.2) is 18.2 Å². The molecule has 3 heterocycles. The zero-order valence-corrected chi connectivity index (χ0v) is 9.51. The predicted molar refractivity (Wildman–Crippen MR) is 62.8 cm³/mol. The van der Waals surface area contributed by atoms with Gasteiger partial charge in [-0.25, -0.2) is 4.52 Å². The lowest BCUT2D eigenvalue weighted by Gasteiger charge is -2.34. The zero-order chi connectivity index (χ0) is 11.1. The van der Waals surface area contributed by atoms with Gasteiger partial charge in [0.2, 0.25) is 5.95 Å². The average Bonchev–Trinajstić information content (AvgIpc) is 2.60. The van der Waals surface area contributed by atoms with Gasteiger partial charge in [-0.2, -0.15) is 4.98 Å². The third-order valence-electron chi connectivity index (χ3n) is 3.16. The molecule has 0 bridgehead atoms. The highest BCUT2D eigenvalue weighted by Gasteiger charge is 2.24. The highest BCUT2D eigenvalue weighted by Crippen LogP contribution is 2.14. The van der Waals surface area contributed by atoms with Gasteiger partial charge in [0.1, 0.15) is 0 Å². The van der Waals surface area contributed by atoms with Crippen molar-refractivity contribution in [2.45, 2.75) is 13.0 Å². The highest BCUT2D eigenvalue weighted by atomic mass is 15.4. The SMILES string of the molecule is Cc1cccc2nc(N(C)C3CNC3)nn12. The van der Waals surface area contributed by atoms with Crippen molar-refractivity contribution in [1.29, 1.82) is 0 Å². The smallest absolute Gasteiger partial charge is 0.245 e. The van der Waals surface area contributed by atoms with Gasteiger partial charge >= 0.3 is 0 Å². The summed E-state index contributed by atoms with van der Waals surface area (Å²) in [5.74, 6) is 0.806. The number of nitrogens with one attached hydrogen (secondary N) is 1. The third-order valence-corrected chi connectivity index (χ3v) is 3.16. The van der Waals surface area contributed by atoms with Crippen LogP contribution in [0.25, 0.3) is 5.65 Å². The zero-order valence-electron chi connectivity index (χ0n) is 9.51. The molecule has 3 rings (SSSR count). The van der Waals surface area contributed by atoms with Crippen LogP contribution in [0.3, 0.4) is 0 Å². The van der Waals surface area contributed by atoms with Crippen LogP contribution in [-0.4, -0.2) is 40.8 Å². The van der Waals surface area contributed by atoms with Crippen molar-refractivity contribution in [3.8, 4) is 0 Å². The first kappa shape index (κ1) is 9.59. The van der Waals surface area contributed by atoms with Crippen molar-refractivity contribution in [1.82, 2.24) is 19.9 Å². The monoisotopic (exact) mass is 217 g/mol. The van der Waals surface area contributed by atoms with Crippen LogP contribution in [0, 0.1) is 6.92 Å². The summed E-state index contributed by atoms with van der Waals surface area (Å²) in [7, 11) is 2.05. The van der Waals surface area contributed by atoms with Gasteiger partial charge in [0.05, 0.1) is 6.04 Å². The maximum absolute atomic E-state index is 4.53.